The minimum absolute atomic E-state index is 0.100. The summed E-state index contributed by atoms with van der Waals surface area (Å²) >= 11 is 0. The number of rotatable bonds is 9. The maximum atomic E-state index is 11.9. The van der Waals surface area contributed by atoms with Gasteiger partial charge in [-0.15, -0.1) is 0 Å². The molecule has 3 rings (SSSR count). The molecule has 0 unspecified atom stereocenters. The van der Waals surface area contributed by atoms with Crippen LogP contribution < -0.4 is 10.6 Å². The van der Waals surface area contributed by atoms with Crippen molar-refractivity contribution in [1.82, 2.24) is 20.8 Å². The topological polar surface area (TPSA) is 110 Å². The van der Waals surface area contributed by atoms with Crippen molar-refractivity contribution in [3.63, 3.8) is 0 Å². The van der Waals surface area contributed by atoms with E-state index in [1.165, 1.54) is 11.8 Å². The number of nitrogens with zero attached hydrogens (tertiary/aromatic N) is 2. The van der Waals surface area contributed by atoms with Gasteiger partial charge < -0.3 is 19.6 Å². The lowest BCUT2D eigenvalue weighted by Gasteiger charge is -2.05. The first-order valence-electron chi connectivity index (χ1n) is 9.50. The Balaban J connectivity index is 1.40. The van der Waals surface area contributed by atoms with Crippen molar-refractivity contribution in [2.75, 3.05) is 6.54 Å². The van der Waals surface area contributed by atoms with Crippen molar-refractivity contribution in [2.45, 2.75) is 39.2 Å². The zero-order valence-corrected chi connectivity index (χ0v) is 16.5. The number of carbonyl (C=O) groups is 2. The van der Waals surface area contributed by atoms with Gasteiger partial charge in [-0.3, -0.25) is 9.59 Å². The second kappa shape index (κ2) is 9.68. The molecule has 2 N–H and O–H groups in total. The molecule has 152 valence electrons. The highest BCUT2D eigenvalue weighted by Gasteiger charge is 2.12. The molecule has 0 aliphatic rings. The van der Waals surface area contributed by atoms with Gasteiger partial charge in [-0.05, 0) is 23.6 Å². The molecule has 8 nitrogen and oxygen atoms in total. The van der Waals surface area contributed by atoms with E-state index in [1.54, 1.807) is 12.1 Å². The molecule has 3 aromatic rings. The van der Waals surface area contributed by atoms with Crippen LogP contribution in [-0.4, -0.2) is 28.5 Å². The van der Waals surface area contributed by atoms with Crippen molar-refractivity contribution < 1.29 is 18.5 Å². The summed E-state index contributed by atoms with van der Waals surface area (Å²) in [5.74, 6) is 1.42. The minimum atomic E-state index is -0.292. The van der Waals surface area contributed by atoms with E-state index >= 15 is 0 Å². The summed E-state index contributed by atoms with van der Waals surface area (Å²) in [5.41, 5.74) is 2.10. The molecule has 0 bridgehead atoms. The Labute approximate surface area is 168 Å². The number of benzene rings is 1. The van der Waals surface area contributed by atoms with E-state index < -0.39 is 0 Å². The van der Waals surface area contributed by atoms with Gasteiger partial charge in [-0.2, -0.15) is 4.98 Å². The molecule has 0 saturated heterocycles. The van der Waals surface area contributed by atoms with Crippen LogP contribution in [0.1, 0.15) is 43.4 Å². The molecular weight excluding hydrogens is 372 g/mol. The number of amides is 2. The first-order valence-corrected chi connectivity index (χ1v) is 9.50. The van der Waals surface area contributed by atoms with Crippen LogP contribution in [0.15, 0.2) is 51.6 Å². The standard InChI is InChI=1S/C21H24N4O4/c1-14(2)15-5-7-16(8-6-15)21-24-20(29-25-21)10-9-18(26)23-13-19(27)22-12-17-4-3-11-28-17/h3-8,11,14H,9-10,12-13H2,1-2H3,(H,22,27)(H,23,26). The van der Waals surface area contributed by atoms with E-state index in [4.69, 9.17) is 8.94 Å². The zero-order valence-electron chi connectivity index (χ0n) is 16.5. The summed E-state index contributed by atoms with van der Waals surface area (Å²) < 4.78 is 10.3. The molecule has 1 aromatic carbocycles. The fraction of sp³-hybridized carbons (Fsp3) is 0.333. The summed E-state index contributed by atoms with van der Waals surface area (Å²) in [6.45, 7) is 4.45. The molecule has 0 spiro atoms. The Morgan fingerprint density at radius 2 is 1.86 bits per heavy atom. The molecule has 0 aliphatic heterocycles. The predicted octanol–water partition coefficient (Wildman–Crippen LogP) is 2.82. The van der Waals surface area contributed by atoms with Gasteiger partial charge in [0.2, 0.25) is 23.5 Å². The number of aromatic nitrogens is 2. The van der Waals surface area contributed by atoms with Crippen LogP contribution >= 0.6 is 0 Å². The van der Waals surface area contributed by atoms with Crippen LogP contribution in [-0.2, 0) is 22.6 Å². The largest absolute Gasteiger partial charge is 0.467 e. The Morgan fingerprint density at radius 3 is 2.55 bits per heavy atom. The lowest BCUT2D eigenvalue weighted by atomic mass is 10.0. The van der Waals surface area contributed by atoms with Gasteiger partial charge in [0.1, 0.15) is 5.76 Å². The fourth-order valence-corrected chi connectivity index (χ4v) is 2.64. The van der Waals surface area contributed by atoms with Crippen LogP contribution in [0.4, 0.5) is 0 Å². The van der Waals surface area contributed by atoms with Crippen LogP contribution in [0.5, 0.6) is 0 Å². The summed E-state index contributed by atoms with van der Waals surface area (Å²) in [5, 5.41) is 9.20. The van der Waals surface area contributed by atoms with E-state index in [9.17, 15) is 9.59 Å². The summed E-state index contributed by atoms with van der Waals surface area (Å²) in [7, 11) is 0. The highest BCUT2D eigenvalue weighted by Crippen LogP contribution is 2.20. The average molecular weight is 396 g/mol. The van der Waals surface area contributed by atoms with E-state index in [1.807, 2.05) is 24.3 Å². The van der Waals surface area contributed by atoms with E-state index in [2.05, 4.69) is 34.6 Å². The van der Waals surface area contributed by atoms with Gasteiger partial charge in [-0.25, -0.2) is 0 Å². The van der Waals surface area contributed by atoms with Crippen LogP contribution in [0.3, 0.4) is 0 Å². The molecule has 0 saturated carbocycles. The lowest BCUT2D eigenvalue weighted by Crippen LogP contribution is -2.36. The molecule has 0 fully saturated rings. The van der Waals surface area contributed by atoms with E-state index in [0.29, 0.717) is 29.8 Å². The van der Waals surface area contributed by atoms with Crippen LogP contribution in [0, 0.1) is 0 Å². The van der Waals surface area contributed by atoms with Crippen molar-refractivity contribution in [2.24, 2.45) is 0 Å². The Bertz CT molecular complexity index is 930. The number of aryl methyl sites for hydroxylation is 1. The average Bonchev–Trinajstić information content (AvgIpc) is 3.41. The third-order valence-corrected chi connectivity index (χ3v) is 4.36. The molecule has 0 atom stereocenters. The molecule has 29 heavy (non-hydrogen) atoms. The zero-order chi connectivity index (χ0) is 20.6. The number of hydrogen-bond donors (Lipinski definition) is 2. The smallest absolute Gasteiger partial charge is 0.239 e. The third kappa shape index (κ3) is 6.03. The van der Waals surface area contributed by atoms with Gasteiger partial charge in [-0.1, -0.05) is 43.3 Å². The Hall–Kier alpha value is -3.42. The molecule has 2 aromatic heterocycles. The first-order chi connectivity index (χ1) is 14.0. The minimum Gasteiger partial charge on any atom is -0.467 e. The third-order valence-electron chi connectivity index (χ3n) is 4.36. The maximum Gasteiger partial charge on any atom is 0.239 e. The molecule has 8 heteroatoms. The summed E-state index contributed by atoms with van der Waals surface area (Å²) in [4.78, 5) is 28.0. The van der Waals surface area contributed by atoms with Crippen LogP contribution in [0.25, 0.3) is 11.4 Å². The van der Waals surface area contributed by atoms with Crippen LogP contribution in [0.2, 0.25) is 0 Å². The lowest BCUT2D eigenvalue weighted by molar-refractivity contribution is -0.126. The van der Waals surface area contributed by atoms with Gasteiger partial charge in [0, 0.05) is 18.4 Å². The Morgan fingerprint density at radius 1 is 1.07 bits per heavy atom. The number of hydrogen-bond acceptors (Lipinski definition) is 6. The molecular formula is C21H24N4O4. The molecule has 2 amide bonds. The maximum absolute atomic E-state index is 11.9. The summed E-state index contributed by atoms with van der Waals surface area (Å²) in [6, 6.07) is 11.5. The highest BCUT2D eigenvalue weighted by atomic mass is 16.5. The van der Waals surface area contributed by atoms with E-state index in [-0.39, 0.29) is 31.3 Å². The second-order valence-corrected chi connectivity index (χ2v) is 6.92. The van der Waals surface area contributed by atoms with Gasteiger partial charge in [0.25, 0.3) is 0 Å². The Kier molecular flexibility index (Phi) is 6.78. The number of carbonyl (C=O) groups excluding carboxylic acids is 2. The quantitative estimate of drug-likeness (QED) is 0.575. The highest BCUT2D eigenvalue weighted by molar-refractivity contribution is 5.84. The monoisotopic (exact) mass is 396 g/mol. The van der Waals surface area contributed by atoms with Gasteiger partial charge in [0.05, 0.1) is 19.4 Å². The van der Waals surface area contributed by atoms with E-state index in [0.717, 1.165) is 5.56 Å². The van der Waals surface area contributed by atoms with Crippen molar-refractivity contribution >= 4 is 11.8 Å². The van der Waals surface area contributed by atoms with Crippen molar-refractivity contribution in [1.29, 1.82) is 0 Å². The van der Waals surface area contributed by atoms with Crippen molar-refractivity contribution in [3.05, 3.63) is 59.9 Å². The SMILES string of the molecule is CC(C)c1ccc(-c2noc(CCC(=O)NCC(=O)NCc3ccco3)n2)cc1. The first kappa shape index (κ1) is 20.3. The molecule has 0 radical (unpaired) electrons. The molecule has 0 aliphatic carbocycles. The fourth-order valence-electron chi connectivity index (χ4n) is 2.64. The van der Waals surface area contributed by atoms with Crippen molar-refractivity contribution in [3.8, 4) is 11.4 Å². The van der Waals surface area contributed by atoms with Gasteiger partial charge >= 0.3 is 0 Å². The normalized spacial score (nSPS) is 10.9. The second-order valence-electron chi connectivity index (χ2n) is 6.92. The number of furan rings is 1. The summed E-state index contributed by atoms with van der Waals surface area (Å²) in [6.07, 6.45) is 1.99. The molecule has 2 heterocycles. The number of nitrogens with one attached hydrogen (secondary N) is 2. The van der Waals surface area contributed by atoms with Gasteiger partial charge in [0.15, 0.2) is 0 Å². The predicted molar refractivity (Wildman–Crippen MR) is 106 cm³/mol.